The van der Waals surface area contributed by atoms with Gasteiger partial charge in [0.05, 0.1) is 0 Å². The Labute approximate surface area is 215 Å². The SMILES string of the molecule is CCN(CC)P1Oc2ccc3cc(ccc3c2)OP(N(CC)CC)Oc2cccc3cc(ccc23)O1. The van der Waals surface area contributed by atoms with Crippen molar-refractivity contribution in [2.24, 2.45) is 0 Å². The van der Waals surface area contributed by atoms with Crippen molar-refractivity contribution in [3.05, 3.63) is 72.8 Å². The maximum Gasteiger partial charge on any atom is 0.384 e. The standard InChI is InChI=1S/C28H32N2O4P2/c1-5-29(6-2)35-31-24-14-12-22-19-25(15-13-21(22)18-24)33-36(30(7-3)8-4)34-28-11-9-10-23-20-26(32-35)16-17-27(23)28/h9-20H,5-8H2,1-4H3. The molecule has 8 heteroatoms. The van der Waals surface area contributed by atoms with Crippen molar-refractivity contribution >= 4 is 38.6 Å². The Bertz CT molecular complexity index is 1340. The van der Waals surface area contributed by atoms with E-state index in [1.807, 2.05) is 30.3 Å². The van der Waals surface area contributed by atoms with Gasteiger partial charge in [-0.15, -0.1) is 0 Å². The molecule has 0 aromatic heterocycles. The Morgan fingerprint density at radius 2 is 1.00 bits per heavy atom. The van der Waals surface area contributed by atoms with Crippen LogP contribution in [0.1, 0.15) is 27.7 Å². The minimum atomic E-state index is -1.36. The Morgan fingerprint density at radius 3 is 1.53 bits per heavy atom. The zero-order chi connectivity index (χ0) is 25.1. The molecule has 0 aliphatic carbocycles. The highest BCUT2D eigenvalue weighted by molar-refractivity contribution is 7.45. The number of hydrogen-bond donors (Lipinski definition) is 0. The van der Waals surface area contributed by atoms with Crippen LogP contribution in [0.15, 0.2) is 72.8 Å². The van der Waals surface area contributed by atoms with Crippen LogP contribution >= 0.6 is 17.1 Å². The van der Waals surface area contributed by atoms with Crippen LogP contribution in [0.3, 0.4) is 0 Å². The highest BCUT2D eigenvalue weighted by Gasteiger charge is 2.26. The van der Waals surface area contributed by atoms with Gasteiger partial charge in [0.15, 0.2) is 0 Å². The van der Waals surface area contributed by atoms with Crippen molar-refractivity contribution < 1.29 is 18.1 Å². The van der Waals surface area contributed by atoms with E-state index in [-0.39, 0.29) is 0 Å². The molecule has 4 heterocycles. The summed E-state index contributed by atoms with van der Waals surface area (Å²) in [6, 6.07) is 24.5. The molecule has 0 fully saturated rings. The van der Waals surface area contributed by atoms with E-state index in [1.54, 1.807) is 0 Å². The molecular weight excluding hydrogens is 490 g/mol. The van der Waals surface area contributed by atoms with E-state index in [2.05, 4.69) is 79.5 Å². The monoisotopic (exact) mass is 522 g/mol. The summed E-state index contributed by atoms with van der Waals surface area (Å²) in [5.41, 5.74) is 0. The van der Waals surface area contributed by atoms with Gasteiger partial charge in [0.2, 0.25) is 0 Å². The van der Waals surface area contributed by atoms with Crippen molar-refractivity contribution in [1.29, 1.82) is 0 Å². The minimum Gasteiger partial charge on any atom is -0.427 e. The third kappa shape index (κ3) is 5.23. The van der Waals surface area contributed by atoms with Crippen LogP contribution < -0.4 is 18.1 Å². The molecule has 4 aliphatic rings. The second kappa shape index (κ2) is 11.2. The van der Waals surface area contributed by atoms with Gasteiger partial charge in [0.25, 0.3) is 0 Å². The lowest BCUT2D eigenvalue weighted by atomic mass is 10.1. The van der Waals surface area contributed by atoms with E-state index in [0.717, 1.165) is 70.7 Å². The van der Waals surface area contributed by atoms with E-state index in [1.165, 1.54) is 0 Å². The first kappa shape index (κ1) is 25.0. The summed E-state index contributed by atoms with van der Waals surface area (Å²) < 4.78 is 30.5. The maximum absolute atomic E-state index is 6.59. The van der Waals surface area contributed by atoms with Crippen molar-refractivity contribution in [2.75, 3.05) is 26.2 Å². The zero-order valence-electron chi connectivity index (χ0n) is 21.2. The molecule has 2 atom stereocenters. The fourth-order valence-electron chi connectivity index (χ4n) is 4.22. The van der Waals surface area contributed by atoms with Gasteiger partial charge >= 0.3 is 17.1 Å². The largest absolute Gasteiger partial charge is 0.427 e. The molecule has 0 radical (unpaired) electrons. The Hall–Kier alpha value is -2.62. The normalized spacial score (nSPS) is 17.6. The molecule has 6 nitrogen and oxygen atoms in total. The van der Waals surface area contributed by atoms with Crippen LogP contribution in [0.5, 0.6) is 23.0 Å². The van der Waals surface area contributed by atoms with Crippen LogP contribution in [0.4, 0.5) is 0 Å². The summed E-state index contributed by atoms with van der Waals surface area (Å²) in [5.74, 6) is 3.15. The first-order chi connectivity index (χ1) is 17.6. The van der Waals surface area contributed by atoms with Crippen molar-refractivity contribution in [2.45, 2.75) is 27.7 Å². The quantitative estimate of drug-likeness (QED) is 0.237. The first-order valence-corrected chi connectivity index (χ1v) is 14.8. The molecule has 8 bridgehead atoms. The van der Waals surface area contributed by atoms with Gasteiger partial charge < -0.3 is 18.1 Å². The van der Waals surface area contributed by atoms with Gasteiger partial charge in [-0.1, -0.05) is 52.0 Å². The number of nitrogens with zero attached hydrogens (tertiary/aromatic N) is 2. The minimum absolute atomic E-state index is 0.772. The molecule has 188 valence electrons. The van der Waals surface area contributed by atoms with Crippen LogP contribution in [0.2, 0.25) is 0 Å². The average molecular weight is 523 g/mol. The van der Waals surface area contributed by atoms with Crippen LogP contribution in [0.25, 0.3) is 21.5 Å². The molecule has 4 aliphatic heterocycles. The van der Waals surface area contributed by atoms with Crippen LogP contribution in [-0.4, -0.2) is 35.5 Å². The molecule has 4 aromatic rings. The molecule has 2 unspecified atom stereocenters. The summed E-state index contributed by atoms with van der Waals surface area (Å²) in [6.07, 6.45) is 0. The van der Waals surface area contributed by atoms with Crippen molar-refractivity contribution in [1.82, 2.24) is 9.34 Å². The third-order valence-electron chi connectivity index (χ3n) is 6.24. The molecule has 8 rings (SSSR count). The highest BCUT2D eigenvalue weighted by Crippen LogP contribution is 2.48. The van der Waals surface area contributed by atoms with E-state index >= 15 is 0 Å². The average Bonchev–Trinajstić information content (AvgIpc) is 2.90. The summed E-state index contributed by atoms with van der Waals surface area (Å²) in [5, 5.41) is 4.24. The summed E-state index contributed by atoms with van der Waals surface area (Å²) >= 11 is 0. The third-order valence-corrected chi connectivity index (χ3v) is 9.75. The summed E-state index contributed by atoms with van der Waals surface area (Å²) in [6.45, 7) is 11.8. The molecule has 0 N–H and O–H groups in total. The Morgan fingerprint density at radius 1 is 0.528 bits per heavy atom. The van der Waals surface area contributed by atoms with Crippen molar-refractivity contribution in [3.8, 4) is 23.0 Å². The Kier molecular flexibility index (Phi) is 7.79. The van der Waals surface area contributed by atoms with Gasteiger partial charge in [-0.25, -0.2) is 9.34 Å². The number of rotatable bonds is 6. The number of hydrogen-bond acceptors (Lipinski definition) is 6. The van der Waals surface area contributed by atoms with Crippen LogP contribution in [0, 0.1) is 0 Å². The van der Waals surface area contributed by atoms with Gasteiger partial charge in [-0.05, 0) is 64.7 Å². The Balaban J connectivity index is 1.65. The maximum atomic E-state index is 6.59. The number of benzene rings is 4. The first-order valence-electron chi connectivity index (χ1n) is 12.5. The molecule has 0 saturated heterocycles. The second-order valence-electron chi connectivity index (χ2n) is 8.43. The van der Waals surface area contributed by atoms with Gasteiger partial charge in [0.1, 0.15) is 23.0 Å². The van der Waals surface area contributed by atoms with Gasteiger partial charge in [-0.2, -0.15) is 0 Å². The second-order valence-corrected chi connectivity index (χ2v) is 11.2. The molecule has 36 heavy (non-hydrogen) atoms. The molecule has 0 saturated carbocycles. The smallest absolute Gasteiger partial charge is 0.384 e. The molecule has 0 spiro atoms. The van der Waals surface area contributed by atoms with E-state index < -0.39 is 17.1 Å². The van der Waals surface area contributed by atoms with E-state index in [0.29, 0.717) is 0 Å². The lowest BCUT2D eigenvalue weighted by molar-refractivity contribution is 0.372. The molecular formula is C28H32N2O4P2. The fraction of sp³-hybridized carbons (Fsp3) is 0.286. The topological polar surface area (TPSA) is 43.4 Å². The van der Waals surface area contributed by atoms with Gasteiger partial charge in [-0.3, -0.25) is 0 Å². The van der Waals surface area contributed by atoms with E-state index in [4.69, 9.17) is 18.1 Å². The summed E-state index contributed by atoms with van der Waals surface area (Å²) in [4.78, 5) is 0. The highest BCUT2D eigenvalue weighted by atomic mass is 31.2. The van der Waals surface area contributed by atoms with Gasteiger partial charge in [0, 0.05) is 31.6 Å². The predicted molar refractivity (Wildman–Crippen MR) is 150 cm³/mol. The lowest BCUT2D eigenvalue weighted by Gasteiger charge is -2.28. The zero-order valence-corrected chi connectivity index (χ0v) is 23.0. The molecule has 4 aromatic carbocycles. The predicted octanol–water partition coefficient (Wildman–Crippen LogP) is 8.36. The van der Waals surface area contributed by atoms with Crippen molar-refractivity contribution in [3.63, 3.8) is 0 Å². The lowest BCUT2D eigenvalue weighted by Crippen LogP contribution is -2.22. The summed E-state index contributed by atoms with van der Waals surface area (Å²) in [7, 11) is -2.70. The fourth-order valence-corrected chi connectivity index (χ4v) is 6.89. The van der Waals surface area contributed by atoms with E-state index in [9.17, 15) is 0 Å². The van der Waals surface area contributed by atoms with Crippen LogP contribution in [-0.2, 0) is 0 Å². The molecule has 0 amide bonds.